The molecule has 0 bridgehead atoms. The van der Waals surface area contributed by atoms with Crippen molar-refractivity contribution in [2.75, 3.05) is 61.5 Å². The van der Waals surface area contributed by atoms with Gasteiger partial charge in [0.1, 0.15) is 17.3 Å². The first-order chi connectivity index (χ1) is 28.1. The Hall–Kier alpha value is -6.73. The quantitative estimate of drug-likeness (QED) is 0.174. The van der Waals surface area contributed by atoms with E-state index in [2.05, 4.69) is 195 Å². The van der Waals surface area contributed by atoms with Crippen molar-refractivity contribution >= 4 is 50.2 Å². The topological polar surface area (TPSA) is 40.0 Å². The van der Waals surface area contributed by atoms with E-state index in [1.54, 1.807) is 0 Å². The Kier molecular flexibility index (Phi) is 7.22. The van der Waals surface area contributed by atoms with E-state index in [4.69, 9.17) is 9.72 Å². The number of hydrogen-bond donors (Lipinski definition) is 0. The molecule has 0 N–H and O–H groups in total. The first-order valence-corrected chi connectivity index (χ1v) is 20.1. The Labute approximate surface area is 340 Å². The fourth-order valence-electron chi connectivity index (χ4n) is 10.3. The first kappa shape index (κ1) is 34.5. The molecule has 8 aromatic rings. The minimum atomic E-state index is -0.596. The molecule has 0 amide bonds. The summed E-state index contributed by atoms with van der Waals surface area (Å²) in [6.45, 7) is 5.53. The van der Waals surface area contributed by atoms with E-state index >= 15 is 0 Å². The fourth-order valence-corrected chi connectivity index (χ4v) is 10.3. The number of para-hydroxylation sites is 2. The molecule has 3 aliphatic rings. The van der Waals surface area contributed by atoms with Crippen molar-refractivity contribution in [2.45, 2.75) is 24.7 Å². The van der Waals surface area contributed by atoms with Crippen LogP contribution in [0.25, 0.3) is 27.6 Å². The van der Waals surface area contributed by atoms with Crippen LogP contribution in [0.5, 0.6) is 11.5 Å². The van der Waals surface area contributed by atoms with Gasteiger partial charge in [0, 0.05) is 81.1 Å². The van der Waals surface area contributed by atoms with Crippen LogP contribution in [0.1, 0.15) is 47.2 Å². The molecule has 0 fully saturated rings. The zero-order valence-corrected chi connectivity index (χ0v) is 34.1. The van der Waals surface area contributed by atoms with Crippen LogP contribution in [0.2, 0.25) is 0 Å². The van der Waals surface area contributed by atoms with Gasteiger partial charge in [-0.3, -0.25) is 4.57 Å². The smallest absolute Gasteiger partial charge is 0.137 e. The number of rotatable bonds is 5. The molecule has 7 nitrogen and oxygen atoms in total. The molecule has 0 saturated heterocycles. The van der Waals surface area contributed by atoms with Gasteiger partial charge < -0.3 is 24.3 Å². The van der Waals surface area contributed by atoms with Gasteiger partial charge >= 0.3 is 0 Å². The lowest BCUT2D eigenvalue weighted by molar-refractivity contribution is 0.482. The summed E-state index contributed by atoms with van der Waals surface area (Å²) < 4.78 is 9.16. The summed E-state index contributed by atoms with van der Waals surface area (Å²) in [6.07, 6.45) is 1.85. The molecule has 286 valence electrons. The molecule has 58 heavy (non-hydrogen) atoms. The minimum Gasteiger partial charge on any atom is -0.457 e. The van der Waals surface area contributed by atoms with Gasteiger partial charge in [-0.15, -0.1) is 0 Å². The van der Waals surface area contributed by atoms with Gasteiger partial charge in [0.15, 0.2) is 0 Å². The summed E-state index contributed by atoms with van der Waals surface area (Å²) >= 11 is 0. The minimum absolute atomic E-state index is 0.225. The van der Waals surface area contributed by atoms with E-state index < -0.39 is 5.41 Å². The third-order valence-electron chi connectivity index (χ3n) is 13.1. The zero-order valence-electron chi connectivity index (χ0n) is 34.1. The molecule has 4 heterocycles. The lowest BCUT2D eigenvalue weighted by atomic mass is 9.53. The van der Waals surface area contributed by atoms with Crippen LogP contribution in [0.4, 0.5) is 28.4 Å². The molecule has 7 heteroatoms. The number of benzene rings is 6. The molecule has 1 spiro atoms. The van der Waals surface area contributed by atoms with E-state index in [1.807, 2.05) is 18.3 Å². The average molecular weight is 759 g/mol. The van der Waals surface area contributed by atoms with Crippen LogP contribution < -0.4 is 24.3 Å². The monoisotopic (exact) mass is 758 g/mol. The van der Waals surface area contributed by atoms with Crippen molar-refractivity contribution in [1.82, 2.24) is 9.55 Å². The molecule has 0 unspecified atom stereocenters. The Morgan fingerprint density at radius 3 is 1.93 bits per heavy atom. The second-order valence-corrected chi connectivity index (χ2v) is 17.1. The summed E-state index contributed by atoms with van der Waals surface area (Å²) in [5.41, 5.74) is 15.3. The molecule has 2 aromatic heterocycles. The van der Waals surface area contributed by atoms with E-state index in [-0.39, 0.29) is 5.41 Å². The third kappa shape index (κ3) is 4.58. The van der Waals surface area contributed by atoms with Crippen LogP contribution in [0.3, 0.4) is 0 Å². The van der Waals surface area contributed by atoms with Gasteiger partial charge in [0.25, 0.3) is 0 Å². The van der Waals surface area contributed by atoms with Crippen molar-refractivity contribution in [1.29, 1.82) is 0 Å². The molecule has 11 rings (SSSR count). The summed E-state index contributed by atoms with van der Waals surface area (Å²) in [7, 11) is 10.8. The predicted molar refractivity (Wildman–Crippen MR) is 240 cm³/mol. The number of hydrogen-bond acceptors (Lipinski definition) is 6. The molecule has 0 radical (unpaired) electrons. The Morgan fingerprint density at radius 1 is 0.569 bits per heavy atom. The van der Waals surface area contributed by atoms with Crippen LogP contribution >= 0.6 is 0 Å². The maximum atomic E-state index is 6.93. The average Bonchev–Trinajstić information content (AvgIpc) is 3.75. The van der Waals surface area contributed by atoms with E-state index in [0.717, 1.165) is 46.1 Å². The van der Waals surface area contributed by atoms with E-state index in [0.29, 0.717) is 0 Å². The number of aromatic nitrogens is 2. The normalized spacial score (nSPS) is 15.3. The van der Waals surface area contributed by atoms with Crippen molar-refractivity contribution in [2.24, 2.45) is 0 Å². The fraction of sp³-hybridized carbons (Fsp3) is 0.196. The van der Waals surface area contributed by atoms with Gasteiger partial charge in [-0.1, -0.05) is 68.4 Å². The van der Waals surface area contributed by atoms with E-state index in [1.165, 1.54) is 61.5 Å². The Morgan fingerprint density at radius 2 is 1.22 bits per heavy atom. The standard InChI is InChI=1S/C51H46N6O/c1-50(2)38-23-18-32(53(3)4)27-42(38)51(43-28-33(54(5)6)19-24-39(43)50)40-25-21-35(30-47(40)56-31-55(7)45-16-12-14-41(51)49(45)56)58-34-20-22-37-36-13-8-9-15-44(36)57(46(37)29-34)48-17-10-11-26-52-48/h8-30H,31H2,1-7H3. The number of fused-ring (bicyclic) bond motifs is 11. The molecule has 1 aliphatic carbocycles. The lowest BCUT2D eigenvalue weighted by Gasteiger charge is -2.52. The second-order valence-electron chi connectivity index (χ2n) is 17.1. The zero-order chi connectivity index (χ0) is 39.7. The number of anilines is 5. The molecular formula is C51H46N6O. The molecule has 6 aromatic carbocycles. The lowest BCUT2D eigenvalue weighted by Crippen LogP contribution is -2.45. The maximum Gasteiger partial charge on any atom is 0.137 e. The number of nitrogens with zero attached hydrogens (tertiary/aromatic N) is 6. The summed E-state index contributed by atoms with van der Waals surface area (Å²) in [5.74, 6) is 2.45. The van der Waals surface area contributed by atoms with Gasteiger partial charge in [-0.25, -0.2) is 4.98 Å². The summed E-state index contributed by atoms with van der Waals surface area (Å²) in [6, 6.07) is 49.0. The van der Waals surface area contributed by atoms with Crippen LogP contribution in [0, 0.1) is 0 Å². The first-order valence-electron chi connectivity index (χ1n) is 20.1. The van der Waals surface area contributed by atoms with Crippen molar-refractivity contribution in [3.63, 3.8) is 0 Å². The predicted octanol–water partition coefficient (Wildman–Crippen LogP) is 11.0. The van der Waals surface area contributed by atoms with Crippen LogP contribution in [-0.4, -0.2) is 51.5 Å². The number of pyridine rings is 1. The highest BCUT2D eigenvalue weighted by molar-refractivity contribution is 6.09. The highest BCUT2D eigenvalue weighted by atomic mass is 16.5. The highest BCUT2D eigenvalue weighted by Crippen LogP contribution is 2.65. The molecule has 2 aliphatic heterocycles. The summed E-state index contributed by atoms with van der Waals surface area (Å²) in [5, 5.41) is 2.35. The van der Waals surface area contributed by atoms with Crippen molar-refractivity contribution in [3.8, 4) is 17.3 Å². The Balaban J connectivity index is 1.16. The highest BCUT2D eigenvalue weighted by Gasteiger charge is 2.55. The van der Waals surface area contributed by atoms with Crippen molar-refractivity contribution in [3.05, 3.63) is 173 Å². The summed E-state index contributed by atoms with van der Waals surface area (Å²) in [4.78, 5) is 14.1. The number of ether oxygens (including phenoxy) is 1. The third-order valence-corrected chi connectivity index (χ3v) is 13.1. The van der Waals surface area contributed by atoms with Gasteiger partial charge in [0.2, 0.25) is 0 Å². The van der Waals surface area contributed by atoms with Crippen LogP contribution in [-0.2, 0) is 10.8 Å². The van der Waals surface area contributed by atoms with Gasteiger partial charge in [-0.05, 0) is 100 Å². The largest absolute Gasteiger partial charge is 0.457 e. The Bertz CT molecular complexity index is 2920. The van der Waals surface area contributed by atoms with Gasteiger partial charge in [0.05, 0.1) is 40.2 Å². The van der Waals surface area contributed by atoms with Crippen LogP contribution in [0.15, 0.2) is 140 Å². The molecule has 0 atom stereocenters. The van der Waals surface area contributed by atoms with Crippen molar-refractivity contribution < 1.29 is 4.74 Å². The second kappa shape index (κ2) is 12.1. The molecular weight excluding hydrogens is 713 g/mol. The molecule has 0 saturated carbocycles. The van der Waals surface area contributed by atoms with Gasteiger partial charge in [-0.2, -0.15) is 0 Å². The SMILES string of the molecule is CN(C)c1ccc2c(c1)C1(c3ccc(Oc4ccc5c6ccccc6n(-c6ccccn6)c5c4)cc3N3CN(C)c4cccc1c43)c1cc(N(C)C)ccc1C2(C)C. The maximum absolute atomic E-state index is 6.93. The van der Waals surface area contributed by atoms with E-state index in [9.17, 15) is 0 Å².